The van der Waals surface area contributed by atoms with Crippen LogP contribution < -0.4 is 10.6 Å². The number of piperidine rings is 1. The monoisotopic (exact) mass is 267 g/mol. The van der Waals surface area contributed by atoms with Crippen LogP contribution in [0.25, 0.3) is 0 Å². The largest absolute Gasteiger partial charge is 0.409 e. The lowest BCUT2D eigenvalue weighted by molar-refractivity contribution is 0.208. The Bertz CT molecular complexity index is 479. The molecule has 104 valence electrons. The number of hydrogen-bond donors (Lipinski definition) is 3. The molecule has 1 aromatic carbocycles. The molecule has 0 radical (unpaired) electrons. The van der Waals surface area contributed by atoms with E-state index in [1.807, 2.05) is 4.90 Å². The molecule has 1 aliphatic rings. The summed E-state index contributed by atoms with van der Waals surface area (Å²) >= 11 is 0. The van der Waals surface area contributed by atoms with E-state index in [1.54, 1.807) is 12.1 Å². The van der Waals surface area contributed by atoms with Crippen LogP contribution in [0, 0.1) is 11.7 Å². The molecule has 1 aliphatic heterocycles. The summed E-state index contributed by atoms with van der Waals surface area (Å²) in [6.45, 7) is 1.53. The van der Waals surface area contributed by atoms with Gasteiger partial charge in [0.15, 0.2) is 5.84 Å². The molecule has 0 aliphatic carbocycles. The molecule has 0 amide bonds. The molecule has 1 heterocycles. The van der Waals surface area contributed by atoms with Gasteiger partial charge in [-0.1, -0.05) is 11.2 Å². The molecule has 1 aromatic rings. The quantitative estimate of drug-likeness (QED) is 0.332. The molecule has 0 bridgehead atoms. The maximum Gasteiger partial charge on any atom is 0.175 e. The molecule has 1 fully saturated rings. The molecule has 5 nitrogen and oxygen atoms in total. The Balaban J connectivity index is 2.36. The van der Waals surface area contributed by atoms with Crippen LogP contribution in [-0.2, 0) is 0 Å². The third kappa shape index (κ3) is 2.78. The highest BCUT2D eigenvalue weighted by Gasteiger charge is 2.23. The van der Waals surface area contributed by atoms with Gasteiger partial charge in [0.2, 0.25) is 0 Å². The van der Waals surface area contributed by atoms with Gasteiger partial charge in [-0.2, -0.15) is 0 Å². The summed E-state index contributed by atoms with van der Waals surface area (Å²) < 4.78 is 13.9. The zero-order valence-corrected chi connectivity index (χ0v) is 10.6. The van der Waals surface area contributed by atoms with Crippen molar-refractivity contribution in [3.05, 3.63) is 29.6 Å². The molecular weight excluding hydrogens is 249 g/mol. The standard InChI is InChI=1S/C13H18FN3O2/c14-10-4-1-5-11(12(10)13(15)16-19)17-6-2-3-9(7-17)8-18/h1,4-5,9,18-19H,2-3,6-8H2,(H2,15,16). The Morgan fingerprint density at radius 1 is 1.53 bits per heavy atom. The van der Waals surface area contributed by atoms with Crippen molar-refractivity contribution in [2.45, 2.75) is 12.8 Å². The van der Waals surface area contributed by atoms with Gasteiger partial charge in [0.1, 0.15) is 5.82 Å². The van der Waals surface area contributed by atoms with Gasteiger partial charge in [0.05, 0.1) is 11.3 Å². The minimum absolute atomic E-state index is 0.114. The molecule has 6 heteroatoms. The second-order valence-electron chi connectivity index (χ2n) is 4.76. The number of hydrogen-bond acceptors (Lipinski definition) is 4. The summed E-state index contributed by atoms with van der Waals surface area (Å²) in [5, 5.41) is 20.9. The number of benzene rings is 1. The number of halogens is 1. The predicted molar refractivity (Wildman–Crippen MR) is 70.9 cm³/mol. The fourth-order valence-corrected chi connectivity index (χ4v) is 2.51. The third-order valence-corrected chi connectivity index (χ3v) is 3.47. The predicted octanol–water partition coefficient (Wildman–Crippen LogP) is 1.13. The normalized spacial score (nSPS) is 20.6. The van der Waals surface area contributed by atoms with E-state index in [0.29, 0.717) is 12.2 Å². The van der Waals surface area contributed by atoms with Crippen LogP contribution in [0.3, 0.4) is 0 Å². The first-order valence-electron chi connectivity index (χ1n) is 6.29. The molecule has 1 atom stereocenters. The van der Waals surface area contributed by atoms with E-state index in [2.05, 4.69) is 5.16 Å². The van der Waals surface area contributed by atoms with Gasteiger partial charge < -0.3 is 20.9 Å². The lowest BCUT2D eigenvalue weighted by atomic mass is 9.97. The Morgan fingerprint density at radius 3 is 3.00 bits per heavy atom. The van der Waals surface area contributed by atoms with Crippen molar-refractivity contribution >= 4 is 11.5 Å². The SMILES string of the molecule is NC(=NO)c1c(F)cccc1N1CCCC(CO)C1. The maximum absolute atomic E-state index is 13.9. The first-order valence-corrected chi connectivity index (χ1v) is 6.29. The maximum atomic E-state index is 13.9. The highest BCUT2D eigenvalue weighted by atomic mass is 19.1. The van der Waals surface area contributed by atoms with Crippen LogP contribution in [0.15, 0.2) is 23.4 Å². The molecule has 1 unspecified atom stereocenters. The van der Waals surface area contributed by atoms with E-state index in [4.69, 9.17) is 10.9 Å². The van der Waals surface area contributed by atoms with Crippen LogP contribution >= 0.6 is 0 Å². The highest BCUT2D eigenvalue weighted by Crippen LogP contribution is 2.27. The molecule has 1 saturated heterocycles. The second-order valence-corrected chi connectivity index (χ2v) is 4.76. The Morgan fingerprint density at radius 2 is 2.32 bits per heavy atom. The van der Waals surface area contributed by atoms with Crippen LogP contribution in [0.5, 0.6) is 0 Å². The number of oxime groups is 1. The molecular formula is C13H18FN3O2. The molecule has 2 rings (SSSR count). The van der Waals surface area contributed by atoms with Gasteiger partial charge in [0.25, 0.3) is 0 Å². The molecule has 4 N–H and O–H groups in total. The number of anilines is 1. The van der Waals surface area contributed by atoms with Crippen molar-refractivity contribution in [2.75, 3.05) is 24.6 Å². The van der Waals surface area contributed by atoms with Crippen molar-refractivity contribution < 1.29 is 14.7 Å². The number of rotatable bonds is 3. The van der Waals surface area contributed by atoms with E-state index in [-0.39, 0.29) is 23.9 Å². The summed E-state index contributed by atoms with van der Waals surface area (Å²) in [5.41, 5.74) is 6.27. The van der Waals surface area contributed by atoms with E-state index < -0.39 is 5.82 Å². The van der Waals surface area contributed by atoms with Crippen LogP contribution in [0.1, 0.15) is 18.4 Å². The van der Waals surface area contributed by atoms with Crippen molar-refractivity contribution in [3.8, 4) is 0 Å². The van der Waals surface area contributed by atoms with Gasteiger partial charge in [-0.25, -0.2) is 4.39 Å². The van der Waals surface area contributed by atoms with Gasteiger partial charge >= 0.3 is 0 Å². The number of nitrogens with zero attached hydrogens (tertiary/aromatic N) is 2. The molecule has 0 spiro atoms. The Kier molecular flexibility index (Phi) is 4.21. The van der Waals surface area contributed by atoms with E-state index in [1.165, 1.54) is 6.07 Å². The lowest BCUT2D eigenvalue weighted by Crippen LogP contribution is -2.38. The summed E-state index contributed by atoms with van der Waals surface area (Å²) in [7, 11) is 0. The summed E-state index contributed by atoms with van der Waals surface area (Å²) in [6.07, 6.45) is 1.89. The van der Waals surface area contributed by atoms with Crippen molar-refractivity contribution in [1.29, 1.82) is 0 Å². The van der Waals surface area contributed by atoms with E-state index in [9.17, 15) is 9.50 Å². The van der Waals surface area contributed by atoms with E-state index in [0.717, 1.165) is 19.4 Å². The van der Waals surface area contributed by atoms with Gasteiger partial charge in [0, 0.05) is 19.7 Å². The smallest absolute Gasteiger partial charge is 0.175 e. The fraction of sp³-hybridized carbons (Fsp3) is 0.462. The Labute approximate surface area is 111 Å². The van der Waals surface area contributed by atoms with Crippen LogP contribution in [-0.4, -0.2) is 35.8 Å². The molecule has 19 heavy (non-hydrogen) atoms. The summed E-state index contributed by atoms with van der Waals surface area (Å²) in [6, 6.07) is 4.63. The number of aliphatic hydroxyl groups is 1. The van der Waals surface area contributed by atoms with E-state index >= 15 is 0 Å². The summed E-state index contributed by atoms with van der Waals surface area (Å²) in [4.78, 5) is 1.97. The Hall–Kier alpha value is -1.82. The number of nitrogens with two attached hydrogens (primary N) is 1. The van der Waals surface area contributed by atoms with Crippen molar-refractivity contribution in [1.82, 2.24) is 0 Å². The lowest BCUT2D eigenvalue weighted by Gasteiger charge is -2.34. The van der Waals surface area contributed by atoms with Gasteiger partial charge in [-0.05, 0) is 30.9 Å². The average molecular weight is 267 g/mol. The third-order valence-electron chi connectivity index (χ3n) is 3.47. The van der Waals surface area contributed by atoms with Gasteiger partial charge in [-0.3, -0.25) is 0 Å². The second kappa shape index (κ2) is 5.88. The number of aliphatic hydroxyl groups excluding tert-OH is 1. The zero-order valence-electron chi connectivity index (χ0n) is 10.6. The summed E-state index contributed by atoms with van der Waals surface area (Å²) in [5.74, 6) is -0.574. The van der Waals surface area contributed by atoms with Crippen molar-refractivity contribution in [2.24, 2.45) is 16.8 Å². The van der Waals surface area contributed by atoms with Crippen LogP contribution in [0.4, 0.5) is 10.1 Å². The van der Waals surface area contributed by atoms with Gasteiger partial charge in [-0.15, -0.1) is 0 Å². The molecule has 0 saturated carbocycles. The topological polar surface area (TPSA) is 82.1 Å². The molecule has 0 aromatic heterocycles. The minimum atomic E-state index is -0.515. The first-order chi connectivity index (χ1) is 9.17. The highest BCUT2D eigenvalue weighted by molar-refractivity contribution is 6.02. The minimum Gasteiger partial charge on any atom is -0.409 e. The zero-order chi connectivity index (χ0) is 13.8. The first kappa shape index (κ1) is 13.6. The average Bonchev–Trinajstić information content (AvgIpc) is 2.46. The van der Waals surface area contributed by atoms with Crippen molar-refractivity contribution in [3.63, 3.8) is 0 Å². The van der Waals surface area contributed by atoms with Crippen LogP contribution in [0.2, 0.25) is 0 Å². The fourth-order valence-electron chi connectivity index (χ4n) is 2.51. The number of amidine groups is 1.